The Morgan fingerprint density at radius 3 is 2.13 bits per heavy atom. The Bertz CT molecular complexity index is 220. The van der Waals surface area contributed by atoms with Gasteiger partial charge in [-0.15, -0.1) is 0 Å². The van der Waals surface area contributed by atoms with Crippen molar-refractivity contribution < 1.29 is 4.84 Å². The molecule has 0 bridgehead atoms. The molecule has 0 aromatic carbocycles. The van der Waals surface area contributed by atoms with Gasteiger partial charge in [0.05, 0.1) is 0 Å². The van der Waals surface area contributed by atoms with Crippen molar-refractivity contribution in [1.29, 1.82) is 0 Å². The van der Waals surface area contributed by atoms with E-state index in [-0.39, 0.29) is 5.72 Å². The molecule has 0 spiro atoms. The second-order valence-corrected chi connectivity index (χ2v) is 4.21. The lowest BCUT2D eigenvalue weighted by molar-refractivity contribution is -0.174. The van der Waals surface area contributed by atoms with Gasteiger partial charge in [0.15, 0.2) is 5.72 Å². The van der Waals surface area contributed by atoms with Gasteiger partial charge in [-0.25, -0.2) is 14.9 Å². The summed E-state index contributed by atoms with van der Waals surface area (Å²) in [6, 6.07) is 0. The maximum atomic E-state index is 5.77. The van der Waals surface area contributed by atoms with Gasteiger partial charge in [0.2, 0.25) is 5.96 Å². The van der Waals surface area contributed by atoms with Crippen LogP contribution in [-0.2, 0) is 4.84 Å². The molecular formula is C11H23N3O. The molecule has 0 saturated carbocycles. The van der Waals surface area contributed by atoms with Crippen molar-refractivity contribution in [3.05, 3.63) is 0 Å². The summed E-state index contributed by atoms with van der Waals surface area (Å²) < 4.78 is 0. The summed E-state index contributed by atoms with van der Waals surface area (Å²) in [5, 5.41) is 1.59. The highest BCUT2D eigenvalue weighted by Crippen LogP contribution is 2.32. The zero-order valence-electron chi connectivity index (χ0n) is 10.1. The Hall–Kier alpha value is -0.770. The number of rotatable bonds is 6. The topological polar surface area (TPSA) is 50.8 Å². The first-order valence-electron chi connectivity index (χ1n) is 5.91. The summed E-state index contributed by atoms with van der Waals surface area (Å²) in [6.45, 7) is 4.36. The first-order chi connectivity index (χ1) is 7.13. The molecule has 1 aliphatic rings. The number of unbranched alkanes of at least 4 members (excludes halogenated alkanes) is 2. The Morgan fingerprint density at radius 1 is 1.27 bits per heavy atom. The van der Waals surface area contributed by atoms with Gasteiger partial charge < -0.3 is 5.73 Å². The Labute approximate surface area is 92.4 Å². The molecule has 15 heavy (non-hydrogen) atoms. The van der Waals surface area contributed by atoms with Crippen LogP contribution in [0.5, 0.6) is 0 Å². The van der Waals surface area contributed by atoms with Gasteiger partial charge in [-0.2, -0.15) is 0 Å². The second-order valence-electron chi connectivity index (χ2n) is 4.21. The second kappa shape index (κ2) is 5.35. The molecule has 4 heteroatoms. The zero-order valence-corrected chi connectivity index (χ0v) is 10.1. The molecule has 1 heterocycles. The molecular weight excluding hydrogens is 190 g/mol. The number of nitrogens with two attached hydrogens (primary N) is 1. The summed E-state index contributed by atoms with van der Waals surface area (Å²) in [5.74, 6) is 0.502. The molecule has 0 amide bonds. The third-order valence-corrected chi connectivity index (χ3v) is 2.79. The van der Waals surface area contributed by atoms with E-state index in [1.807, 2.05) is 7.05 Å². The molecule has 1 aliphatic heterocycles. The SMILES string of the molecule is CCCCC1(CCCC)N=C(N)N(C)O1. The van der Waals surface area contributed by atoms with Crippen LogP contribution in [0.15, 0.2) is 4.99 Å². The zero-order chi connectivity index (χ0) is 11.3. The van der Waals surface area contributed by atoms with Gasteiger partial charge in [0, 0.05) is 7.05 Å². The minimum absolute atomic E-state index is 0.370. The third kappa shape index (κ3) is 3.09. The Kier molecular flexibility index (Phi) is 4.39. The number of nitrogens with zero attached hydrogens (tertiary/aromatic N) is 2. The van der Waals surface area contributed by atoms with Crippen LogP contribution in [0.4, 0.5) is 0 Å². The van der Waals surface area contributed by atoms with Crippen LogP contribution >= 0.6 is 0 Å². The summed E-state index contributed by atoms with van der Waals surface area (Å²) >= 11 is 0. The average molecular weight is 213 g/mol. The van der Waals surface area contributed by atoms with E-state index < -0.39 is 0 Å². The largest absolute Gasteiger partial charge is 0.368 e. The normalized spacial score (nSPS) is 19.4. The van der Waals surface area contributed by atoms with Gasteiger partial charge in [-0.1, -0.05) is 26.7 Å². The Balaban J connectivity index is 2.61. The van der Waals surface area contributed by atoms with Crippen molar-refractivity contribution in [2.45, 2.75) is 58.1 Å². The van der Waals surface area contributed by atoms with Crippen LogP contribution in [0.1, 0.15) is 52.4 Å². The molecule has 1 rings (SSSR count). The van der Waals surface area contributed by atoms with Crippen molar-refractivity contribution in [3.8, 4) is 0 Å². The monoisotopic (exact) mass is 213 g/mol. The van der Waals surface area contributed by atoms with E-state index in [0.29, 0.717) is 5.96 Å². The number of hydroxylamine groups is 2. The molecule has 0 saturated heterocycles. The van der Waals surface area contributed by atoms with Gasteiger partial charge in [-0.05, 0) is 25.7 Å². The van der Waals surface area contributed by atoms with E-state index in [4.69, 9.17) is 10.6 Å². The average Bonchev–Trinajstić information content (AvgIpc) is 2.50. The smallest absolute Gasteiger partial charge is 0.218 e. The molecule has 0 atom stereocenters. The minimum Gasteiger partial charge on any atom is -0.368 e. The number of hydrogen-bond acceptors (Lipinski definition) is 4. The summed E-state index contributed by atoms with van der Waals surface area (Å²) in [5.41, 5.74) is 5.38. The lowest BCUT2D eigenvalue weighted by Crippen LogP contribution is -2.33. The molecule has 0 radical (unpaired) electrons. The predicted octanol–water partition coefficient (Wildman–Crippen LogP) is 2.25. The van der Waals surface area contributed by atoms with E-state index >= 15 is 0 Å². The fourth-order valence-electron chi connectivity index (χ4n) is 1.84. The maximum absolute atomic E-state index is 5.77. The van der Waals surface area contributed by atoms with Gasteiger partial charge in [0.25, 0.3) is 0 Å². The van der Waals surface area contributed by atoms with Crippen molar-refractivity contribution >= 4 is 5.96 Å². The fourth-order valence-corrected chi connectivity index (χ4v) is 1.84. The maximum Gasteiger partial charge on any atom is 0.218 e. The van der Waals surface area contributed by atoms with E-state index in [1.54, 1.807) is 5.06 Å². The lowest BCUT2D eigenvalue weighted by Gasteiger charge is -2.25. The van der Waals surface area contributed by atoms with Crippen LogP contribution in [0.2, 0.25) is 0 Å². The first kappa shape index (κ1) is 12.3. The molecule has 88 valence electrons. The number of guanidine groups is 1. The molecule has 0 fully saturated rings. The van der Waals surface area contributed by atoms with Crippen molar-refractivity contribution in [1.82, 2.24) is 5.06 Å². The van der Waals surface area contributed by atoms with Gasteiger partial charge >= 0.3 is 0 Å². The highest BCUT2D eigenvalue weighted by atomic mass is 16.7. The number of aliphatic imine (C=N–C) groups is 1. The Morgan fingerprint density at radius 2 is 1.80 bits per heavy atom. The molecule has 0 aromatic heterocycles. The predicted molar refractivity (Wildman–Crippen MR) is 62.3 cm³/mol. The fraction of sp³-hybridized carbons (Fsp3) is 0.909. The van der Waals surface area contributed by atoms with Crippen LogP contribution in [0.3, 0.4) is 0 Å². The van der Waals surface area contributed by atoms with E-state index in [2.05, 4.69) is 18.8 Å². The highest BCUT2D eigenvalue weighted by molar-refractivity contribution is 5.78. The first-order valence-corrected chi connectivity index (χ1v) is 5.91. The van der Waals surface area contributed by atoms with Crippen molar-refractivity contribution in [3.63, 3.8) is 0 Å². The minimum atomic E-state index is -0.370. The summed E-state index contributed by atoms with van der Waals surface area (Å²) in [6.07, 6.45) is 6.53. The van der Waals surface area contributed by atoms with Crippen molar-refractivity contribution in [2.24, 2.45) is 10.7 Å². The molecule has 2 N–H and O–H groups in total. The number of hydrogen-bond donors (Lipinski definition) is 1. The quantitative estimate of drug-likeness (QED) is 0.736. The molecule has 0 aliphatic carbocycles. The van der Waals surface area contributed by atoms with Crippen LogP contribution < -0.4 is 5.73 Å². The third-order valence-electron chi connectivity index (χ3n) is 2.79. The highest BCUT2D eigenvalue weighted by Gasteiger charge is 2.37. The van der Waals surface area contributed by atoms with Crippen molar-refractivity contribution in [2.75, 3.05) is 7.05 Å². The van der Waals surface area contributed by atoms with E-state index in [9.17, 15) is 0 Å². The standard InChI is InChI=1S/C11H23N3O/c1-4-6-8-11(9-7-5-2)13-10(12)14(3)15-11/h4-9H2,1-3H3,(H2,12,13). The summed E-state index contributed by atoms with van der Waals surface area (Å²) in [7, 11) is 1.82. The summed E-state index contributed by atoms with van der Waals surface area (Å²) in [4.78, 5) is 10.2. The van der Waals surface area contributed by atoms with Gasteiger partial charge in [-0.3, -0.25) is 0 Å². The molecule has 4 nitrogen and oxygen atoms in total. The molecule has 0 aromatic rings. The van der Waals surface area contributed by atoms with E-state index in [0.717, 1.165) is 38.5 Å². The van der Waals surface area contributed by atoms with Crippen LogP contribution in [0, 0.1) is 0 Å². The molecule has 0 unspecified atom stereocenters. The van der Waals surface area contributed by atoms with E-state index in [1.165, 1.54) is 0 Å². The van der Waals surface area contributed by atoms with Crippen LogP contribution in [0.25, 0.3) is 0 Å². The van der Waals surface area contributed by atoms with Crippen LogP contribution in [-0.4, -0.2) is 23.8 Å². The van der Waals surface area contributed by atoms with Gasteiger partial charge in [0.1, 0.15) is 0 Å². The lowest BCUT2D eigenvalue weighted by atomic mass is 10.0.